The van der Waals surface area contributed by atoms with Gasteiger partial charge in [-0.2, -0.15) is 0 Å². The van der Waals surface area contributed by atoms with Crippen LogP contribution >= 0.6 is 0 Å². The SMILES string of the molecule is C[SiH](C)Oc1c(C(C)(C)C)cccc1C12CC3CC(CC(C3)C1=COCCCC(=O)O)C2. The van der Waals surface area contributed by atoms with E-state index in [4.69, 9.17) is 14.3 Å². The summed E-state index contributed by atoms with van der Waals surface area (Å²) in [6.45, 7) is 11.8. The summed E-state index contributed by atoms with van der Waals surface area (Å²) in [5.41, 5.74) is 4.16. The summed E-state index contributed by atoms with van der Waals surface area (Å²) in [5.74, 6) is 2.55. The van der Waals surface area contributed by atoms with Gasteiger partial charge in [0.05, 0.1) is 12.9 Å². The maximum atomic E-state index is 10.9. The van der Waals surface area contributed by atoms with Crippen molar-refractivity contribution in [1.29, 1.82) is 0 Å². The summed E-state index contributed by atoms with van der Waals surface area (Å²) in [5, 5.41) is 8.93. The Labute approximate surface area is 195 Å². The lowest BCUT2D eigenvalue weighted by Crippen LogP contribution is -2.51. The number of hydrogen-bond acceptors (Lipinski definition) is 3. The van der Waals surface area contributed by atoms with Crippen LogP contribution in [0.25, 0.3) is 0 Å². The highest BCUT2D eigenvalue weighted by Crippen LogP contribution is 2.64. The van der Waals surface area contributed by atoms with Gasteiger partial charge in [0.15, 0.2) is 0 Å². The number of hydrogen-bond donors (Lipinski definition) is 1. The average molecular weight is 457 g/mol. The Morgan fingerprint density at radius 3 is 2.47 bits per heavy atom. The fraction of sp³-hybridized carbons (Fsp3) is 0.667. The molecular weight excluding hydrogens is 416 g/mol. The highest BCUT2D eigenvalue weighted by atomic mass is 28.3. The van der Waals surface area contributed by atoms with Crippen LogP contribution in [0.3, 0.4) is 0 Å². The van der Waals surface area contributed by atoms with E-state index >= 15 is 0 Å². The molecule has 0 aliphatic heterocycles. The smallest absolute Gasteiger partial charge is 0.303 e. The quantitative estimate of drug-likeness (QED) is 0.288. The van der Waals surface area contributed by atoms with Crippen LogP contribution < -0.4 is 4.43 Å². The van der Waals surface area contributed by atoms with Gasteiger partial charge in [-0.3, -0.25) is 4.79 Å². The van der Waals surface area contributed by atoms with Gasteiger partial charge in [-0.15, -0.1) is 0 Å². The van der Waals surface area contributed by atoms with Crippen LogP contribution in [-0.2, 0) is 20.4 Å². The zero-order valence-electron chi connectivity index (χ0n) is 20.4. The summed E-state index contributed by atoms with van der Waals surface area (Å²) >= 11 is 0. The average Bonchev–Trinajstić information content (AvgIpc) is 2.67. The molecule has 0 amide bonds. The fourth-order valence-electron chi connectivity index (χ4n) is 6.75. The summed E-state index contributed by atoms with van der Waals surface area (Å²) in [4.78, 5) is 10.9. The molecule has 1 aromatic carbocycles. The summed E-state index contributed by atoms with van der Waals surface area (Å²) < 4.78 is 12.7. The van der Waals surface area contributed by atoms with Crippen LogP contribution in [0, 0.1) is 17.8 Å². The largest absolute Gasteiger partial charge is 0.547 e. The molecule has 4 saturated carbocycles. The van der Waals surface area contributed by atoms with Crippen molar-refractivity contribution < 1.29 is 19.1 Å². The normalized spacial score (nSPS) is 30.2. The molecule has 4 aliphatic rings. The Kier molecular flexibility index (Phi) is 6.50. The van der Waals surface area contributed by atoms with Gasteiger partial charge < -0.3 is 14.3 Å². The molecule has 0 radical (unpaired) electrons. The number of rotatable bonds is 8. The molecule has 0 spiro atoms. The Hall–Kier alpha value is -1.75. The molecule has 0 aromatic heterocycles. The van der Waals surface area contributed by atoms with E-state index in [1.807, 2.05) is 6.26 Å². The van der Waals surface area contributed by atoms with Crippen LogP contribution in [0.15, 0.2) is 30.0 Å². The van der Waals surface area contributed by atoms with Gasteiger partial charge in [-0.1, -0.05) is 39.0 Å². The molecule has 4 bridgehead atoms. The number of carbonyl (C=O) groups is 1. The first-order valence-corrected chi connectivity index (χ1v) is 15.2. The van der Waals surface area contributed by atoms with Gasteiger partial charge >= 0.3 is 5.97 Å². The molecule has 1 aromatic rings. The van der Waals surface area contributed by atoms with Crippen molar-refractivity contribution in [3.8, 4) is 5.75 Å². The molecule has 2 atom stereocenters. The van der Waals surface area contributed by atoms with Gasteiger partial charge in [-0.25, -0.2) is 0 Å². The standard InChI is InChI=1S/C27H40O4Si/c1-26(2,3)21-8-6-9-22(25(21)31-32(4)5)27-15-18-12-19(16-27)14-20(13-18)23(27)17-30-11-7-10-24(28)29/h6,8-9,17-20,32H,7,10-16H2,1-5H3,(H,28,29). The monoisotopic (exact) mass is 456 g/mol. The molecule has 4 nitrogen and oxygen atoms in total. The molecule has 5 heteroatoms. The first kappa shape index (κ1) is 23.4. The van der Waals surface area contributed by atoms with Crippen molar-refractivity contribution in [2.24, 2.45) is 17.8 Å². The Morgan fingerprint density at radius 1 is 1.19 bits per heavy atom. The van der Waals surface area contributed by atoms with Crippen LogP contribution in [0.5, 0.6) is 5.75 Å². The molecule has 4 aliphatic carbocycles. The predicted octanol–water partition coefficient (Wildman–Crippen LogP) is 6.19. The lowest BCUT2D eigenvalue weighted by atomic mass is 9.46. The van der Waals surface area contributed by atoms with E-state index < -0.39 is 15.0 Å². The minimum atomic E-state index is -1.29. The molecule has 176 valence electrons. The lowest BCUT2D eigenvalue weighted by Gasteiger charge is -2.58. The summed E-state index contributed by atoms with van der Waals surface area (Å²) in [6, 6.07) is 6.81. The molecule has 0 saturated heterocycles. The lowest BCUT2D eigenvalue weighted by molar-refractivity contribution is -0.137. The van der Waals surface area contributed by atoms with Gasteiger partial charge in [-0.05, 0) is 85.9 Å². The third kappa shape index (κ3) is 4.50. The predicted molar refractivity (Wildman–Crippen MR) is 131 cm³/mol. The van der Waals surface area contributed by atoms with E-state index in [2.05, 4.69) is 52.1 Å². The number of aliphatic carboxylic acids is 1. The van der Waals surface area contributed by atoms with Crippen molar-refractivity contribution >= 4 is 15.0 Å². The van der Waals surface area contributed by atoms with Crippen molar-refractivity contribution in [1.82, 2.24) is 0 Å². The first-order chi connectivity index (χ1) is 15.1. The molecule has 2 unspecified atom stereocenters. The van der Waals surface area contributed by atoms with E-state index in [-0.39, 0.29) is 17.3 Å². The zero-order chi connectivity index (χ0) is 23.1. The Bertz CT molecular complexity index is 868. The Balaban J connectivity index is 1.76. The fourth-order valence-corrected chi connectivity index (χ4v) is 7.48. The highest BCUT2D eigenvalue weighted by Gasteiger charge is 2.56. The minimum Gasteiger partial charge on any atom is -0.547 e. The van der Waals surface area contributed by atoms with Gasteiger partial charge in [0.2, 0.25) is 9.04 Å². The van der Waals surface area contributed by atoms with Crippen molar-refractivity contribution in [3.05, 3.63) is 41.2 Å². The van der Waals surface area contributed by atoms with E-state index in [9.17, 15) is 4.79 Å². The second-order valence-corrected chi connectivity index (χ2v) is 14.0. The number of allylic oxidation sites excluding steroid dienone is 1. The number of benzene rings is 1. The second-order valence-electron chi connectivity index (χ2n) is 11.7. The number of carboxylic acid groups (broad SMARTS) is 1. The maximum Gasteiger partial charge on any atom is 0.303 e. The van der Waals surface area contributed by atoms with E-state index in [0.29, 0.717) is 18.9 Å². The molecule has 32 heavy (non-hydrogen) atoms. The Morgan fingerprint density at radius 2 is 1.88 bits per heavy atom. The molecule has 0 heterocycles. The van der Waals surface area contributed by atoms with Crippen molar-refractivity contribution in [2.75, 3.05) is 6.61 Å². The second kappa shape index (κ2) is 8.89. The van der Waals surface area contributed by atoms with Crippen molar-refractivity contribution in [3.63, 3.8) is 0 Å². The first-order valence-electron chi connectivity index (χ1n) is 12.4. The molecule has 5 rings (SSSR count). The molecule has 4 fully saturated rings. The minimum absolute atomic E-state index is 0.00142. The van der Waals surface area contributed by atoms with Gasteiger partial charge in [0, 0.05) is 17.4 Å². The van der Waals surface area contributed by atoms with Gasteiger partial charge in [0.1, 0.15) is 5.75 Å². The maximum absolute atomic E-state index is 10.9. The van der Waals surface area contributed by atoms with E-state index in [1.54, 1.807) is 0 Å². The van der Waals surface area contributed by atoms with Crippen LogP contribution in [0.2, 0.25) is 13.1 Å². The third-order valence-corrected chi connectivity index (χ3v) is 8.43. The third-order valence-electron chi connectivity index (χ3n) is 7.72. The molecule has 1 N–H and O–H groups in total. The summed E-state index contributed by atoms with van der Waals surface area (Å²) in [6.07, 6.45) is 9.04. The van der Waals surface area contributed by atoms with Crippen molar-refractivity contribution in [2.45, 2.75) is 89.6 Å². The van der Waals surface area contributed by atoms with Crippen LogP contribution in [0.1, 0.15) is 76.8 Å². The van der Waals surface area contributed by atoms with E-state index in [0.717, 1.165) is 17.6 Å². The molecular formula is C27H40O4Si. The highest BCUT2D eigenvalue weighted by molar-refractivity contribution is 6.49. The number of para-hydroxylation sites is 1. The van der Waals surface area contributed by atoms with E-state index in [1.165, 1.54) is 48.8 Å². The van der Waals surface area contributed by atoms with Gasteiger partial charge in [0.25, 0.3) is 0 Å². The zero-order valence-corrected chi connectivity index (χ0v) is 21.6. The topological polar surface area (TPSA) is 55.8 Å². The number of ether oxygens (including phenoxy) is 1. The van der Waals surface area contributed by atoms with Crippen LogP contribution in [-0.4, -0.2) is 26.7 Å². The number of carboxylic acids is 1. The summed E-state index contributed by atoms with van der Waals surface area (Å²) in [7, 11) is -1.29. The van der Waals surface area contributed by atoms with Crippen LogP contribution in [0.4, 0.5) is 0 Å².